The van der Waals surface area contributed by atoms with Gasteiger partial charge in [0, 0.05) is 13.1 Å². The fourth-order valence-electron chi connectivity index (χ4n) is 3.30. The van der Waals surface area contributed by atoms with E-state index in [0.29, 0.717) is 29.5 Å². The average Bonchev–Trinajstić information content (AvgIpc) is 3.47. The number of aromatic nitrogens is 1. The molecule has 11 heteroatoms. The molecule has 1 fully saturated rings. The van der Waals surface area contributed by atoms with Crippen LogP contribution in [-0.2, 0) is 19.6 Å². The molecule has 2 aromatic carbocycles. The third-order valence-corrected chi connectivity index (χ3v) is 7.82. The number of hydrogen-bond acceptors (Lipinski definition) is 8. The summed E-state index contributed by atoms with van der Waals surface area (Å²) < 4.78 is 37.6. The van der Waals surface area contributed by atoms with Gasteiger partial charge in [-0.05, 0) is 55.3 Å². The quantitative estimate of drug-likeness (QED) is 0.523. The normalized spacial score (nSPS) is 14.4. The number of benzene rings is 2. The topological polar surface area (TPSA) is 115 Å². The van der Waals surface area contributed by atoms with Crippen LogP contribution in [0, 0.1) is 0 Å². The van der Waals surface area contributed by atoms with E-state index < -0.39 is 28.5 Å². The van der Waals surface area contributed by atoms with Crippen molar-refractivity contribution in [3.63, 3.8) is 0 Å². The van der Waals surface area contributed by atoms with Crippen LogP contribution in [0.4, 0.5) is 5.13 Å². The van der Waals surface area contributed by atoms with E-state index >= 15 is 0 Å². The molecule has 2 heterocycles. The number of carbonyl (C=O) groups excluding carboxylic acids is 2. The number of amides is 1. The van der Waals surface area contributed by atoms with Crippen LogP contribution in [0.15, 0.2) is 47.4 Å². The Morgan fingerprint density at radius 3 is 2.53 bits per heavy atom. The number of methoxy groups -OCH3 is 1. The summed E-state index contributed by atoms with van der Waals surface area (Å²) >= 11 is 1.28. The number of nitrogens with one attached hydrogen (secondary N) is 1. The highest BCUT2D eigenvalue weighted by Gasteiger charge is 2.27. The van der Waals surface area contributed by atoms with E-state index in [1.807, 2.05) is 6.07 Å². The highest BCUT2D eigenvalue weighted by molar-refractivity contribution is 7.89. The monoisotopic (exact) mass is 475 g/mol. The Morgan fingerprint density at radius 1 is 1.12 bits per heavy atom. The van der Waals surface area contributed by atoms with Crippen molar-refractivity contribution in [3.05, 3.63) is 48.0 Å². The Bertz CT molecular complexity index is 1250. The molecule has 0 spiro atoms. The van der Waals surface area contributed by atoms with E-state index in [2.05, 4.69) is 10.3 Å². The van der Waals surface area contributed by atoms with Crippen LogP contribution in [0.3, 0.4) is 0 Å². The van der Waals surface area contributed by atoms with Crippen molar-refractivity contribution in [2.45, 2.75) is 17.7 Å². The molecule has 1 aliphatic rings. The minimum absolute atomic E-state index is 0.126. The average molecular weight is 476 g/mol. The molecule has 4 rings (SSSR count). The third-order valence-electron chi connectivity index (χ3n) is 4.97. The SMILES string of the molecule is COc1ccc2nc(NC(=O)COC(=O)c3ccc(S(=O)(=O)N4CCCC4)cc3)sc2c1. The summed E-state index contributed by atoms with van der Waals surface area (Å²) in [6, 6.07) is 10.9. The number of ether oxygens (including phenoxy) is 2. The lowest BCUT2D eigenvalue weighted by Crippen LogP contribution is -2.27. The minimum atomic E-state index is -3.55. The van der Waals surface area contributed by atoms with Gasteiger partial charge < -0.3 is 9.47 Å². The molecule has 32 heavy (non-hydrogen) atoms. The van der Waals surface area contributed by atoms with E-state index in [-0.39, 0.29) is 10.5 Å². The fourth-order valence-corrected chi connectivity index (χ4v) is 5.72. The Kier molecular flexibility index (Phi) is 6.40. The predicted molar refractivity (Wildman–Crippen MR) is 120 cm³/mol. The maximum atomic E-state index is 12.5. The smallest absolute Gasteiger partial charge is 0.338 e. The molecule has 9 nitrogen and oxygen atoms in total. The van der Waals surface area contributed by atoms with Crippen LogP contribution in [0.2, 0.25) is 0 Å². The van der Waals surface area contributed by atoms with Gasteiger partial charge in [0.25, 0.3) is 5.91 Å². The molecule has 0 bridgehead atoms. The van der Waals surface area contributed by atoms with Crippen LogP contribution in [0.5, 0.6) is 5.75 Å². The van der Waals surface area contributed by atoms with Crippen molar-refractivity contribution >= 4 is 48.6 Å². The molecule has 1 amide bonds. The second kappa shape index (κ2) is 9.23. The lowest BCUT2D eigenvalue weighted by molar-refractivity contribution is -0.119. The zero-order chi connectivity index (χ0) is 22.7. The maximum Gasteiger partial charge on any atom is 0.338 e. The third kappa shape index (κ3) is 4.74. The Hall–Kier alpha value is -3.02. The number of rotatable bonds is 7. The molecule has 1 aromatic heterocycles. The standard InChI is InChI=1S/C21H21N3O6S2/c1-29-15-6-9-17-18(12-15)31-21(22-17)23-19(25)13-30-20(26)14-4-7-16(8-5-14)32(27,28)24-10-2-3-11-24/h4-9,12H,2-3,10-11,13H2,1H3,(H,22,23,25). The second-order valence-corrected chi connectivity index (χ2v) is 10.1. The molecule has 1 aliphatic heterocycles. The van der Waals surface area contributed by atoms with Gasteiger partial charge >= 0.3 is 5.97 Å². The number of fused-ring (bicyclic) bond motifs is 1. The van der Waals surface area contributed by atoms with Gasteiger partial charge in [-0.2, -0.15) is 4.31 Å². The lowest BCUT2D eigenvalue weighted by Gasteiger charge is -2.15. The zero-order valence-corrected chi connectivity index (χ0v) is 18.9. The summed E-state index contributed by atoms with van der Waals surface area (Å²) in [5.74, 6) is -0.566. The summed E-state index contributed by atoms with van der Waals surface area (Å²) in [5.41, 5.74) is 0.873. The van der Waals surface area contributed by atoms with Gasteiger partial charge in [0.1, 0.15) is 5.75 Å². The van der Waals surface area contributed by atoms with Gasteiger partial charge in [-0.15, -0.1) is 0 Å². The highest BCUT2D eigenvalue weighted by Crippen LogP contribution is 2.29. The van der Waals surface area contributed by atoms with Crippen molar-refractivity contribution in [1.82, 2.24) is 9.29 Å². The number of sulfonamides is 1. The molecule has 0 saturated carbocycles. The highest BCUT2D eigenvalue weighted by atomic mass is 32.2. The largest absolute Gasteiger partial charge is 0.497 e. The van der Waals surface area contributed by atoms with E-state index in [4.69, 9.17) is 9.47 Å². The molecular weight excluding hydrogens is 454 g/mol. The van der Waals surface area contributed by atoms with Crippen molar-refractivity contribution in [2.24, 2.45) is 0 Å². The number of carbonyl (C=O) groups is 2. The van der Waals surface area contributed by atoms with E-state index in [1.165, 1.54) is 39.9 Å². The Labute approximate surface area is 189 Å². The second-order valence-electron chi connectivity index (χ2n) is 7.11. The van der Waals surface area contributed by atoms with Crippen molar-refractivity contribution in [2.75, 3.05) is 32.1 Å². The summed E-state index contributed by atoms with van der Waals surface area (Å²) in [5, 5.41) is 2.98. The van der Waals surface area contributed by atoms with Gasteiger partial charge in [0.05, 0.1) is 27.8 Å². The van der Waals surface area contributed by atoms with Crippen molar-refractivity contribution in [1.29, 1.82) is 0 Å². The summed E-state index contributed by atoms with van der Waals surface area (Å²) in [6.07, 6.45) is 1.69. The van der Waals surface area contributed by atoms with Gasteiger partial charge in [-0.1, -0.05) is 11.3 Å². The van der Waals surface area contributed by atoms with E-state index in [0.717, 1.165) is 17.5 Å². The Morgan fingerprint density at radius 2 is 1.84 bits per heavy atom. The van der Waals surface area contributed by atoms with E-state index in [9.17, 15) is 18.0 Å². The number of nitrogens with zero attached hydrogens (tertiary/aromatic N) is 2. The minimum Gasteiger partial charge on any atom is -0.497 e. The van der Waals surface area contributed by atoms with Crippen LogP contribution in [-0.4, -0.2) is 56.4 Å². The molecule has 0 unspecified atom stereocenters. The zero-order valence-electron chi connectivity index (χ0n) is 17.2. The molecule has 168 valence electrons. The van der Waals surface area contributed by atoms with Gasteiger partial charge in [0.15, 0.2) is 11.7 Å². The molecule has 0 radical (unpaired) electrons. The summed E-state index contributed by atoms with van der Waals surface area (Å²) in [6.45, 7) is 0.513. The number of thiazole rings is 1. The molecule has 0 atom stereocenters. The molecule has 1 N–H and O–H groups in total. The molecule has 0 aliphatic carbocycles. The fraction of sp³-hybridized carbons (Fsp3) is 0.286. The Balaban J connectivity index is 1.33. The first-order valence-electron chi connectivity index (χ1n) is 9.88. The lowest BCUT2D eigenvalue weighted by atomic mass is 10.2. The first kappa shape index (κ1) is 22.2. The molecule has 1 saturated heterocycles. The number of esters is 1. The summed E-state index contributed by atoms with van der Waals surface area (Å²) in [4.78, 5) is 28.8. The molecule has 3 aromatic rings. The van der Waals surface area contributed by atoms with Crippen LogP contribution < -0.4 is 10.1 Å². The van der Waals surface area contributed by atoms with E-state index in [1.54, 1.807) is 19.2 Å². The van der Waals surface area contributed by atoms with Crippen LogP contribution >= 0.6 is 11.3 Å². The van der Waals surface area contributed by atoms with Gasteiger partial charge in [-0.25, -0.2) is 18.2 Å². The first-order chi connectivity index (χ1) is 15.4. The van der Waals surface area contributed by atoms with Gasteiger partial charge in [0.2, 0.25) is 10.0 Å². The van der Waals surface area contributed by atoms with Crippen molar-refractivity contribution < 1.29 is 27.5 Å². The maximum absolute atomic E-state index is 12.5. The number of hydrogen-bond donors (Lipinski definition) is 1. The van der Waals surface area contributed by atoms with Crippen LogP contribution in [0.1, 0.15) is 23.2 Å². The first-order valence-corrected chi connectivity index (χ1v) is 12.1. The van der Waals surface area contributed by atoms with Crippen LogP contribution in [0.25, 0.3) is 10.2 Å². The van der Waals surface area contributed by atoms with Crippen molar-refractivity contribution in [3.8, 4) is 5.75 Å². The summed E-state index contributed by atoms with van der Waals surface area (Å²) in [7, 11) is -1.99. The van der Waals surface area contributed by atoms with Gasteiger partial charge in [-0.3, -0.25) is 10.1 Å². The predicted octanol–water partition coefficient (Wildman–Crippen LogP) is 2.88. The molecular formula is C21H21N3O6S2. The number of anilines is 1.